The maximum atomic E-state index is 13.9. The Morgan fingerprint density at radius 1 is 0.941 bits per heavy atom. The molecular formula is C25H21Cl2F3N2O2. The van der Waals surface area contributed by atoms with E-state index >= 15 is 0 Å². The van der Waals surface area contributed by atoms with Crippen molar-refractivity contribution in [1.82, 2.24) is 0 Å². The van der Waals surface area contributed by atoms with Crippen molar-refractivity contribution in [2.24, 2.45) is 0 Å². The zero-order valence-corrected chi connectivity index (χ0v) is 19.8. The van der Waals surface area contributed by atoms with E-state index in [1.807, 2.05) is 13.8 Å². The summed E-state index contributed by atoms with van der Waals surface area (Å²) in [4.78, 5) is 17.2. The van der Waals surface area contributed by atoms with Gasteiger partial charge < -0.3 is 4.74 Å². The van der Waals surface area contributed by atoms with Gasteiger partial charge in [-0.2, -0.15) is 0 Å². The number of nitrogens with zero attached hydrogens (tertiary/aromatic N) is 2. The number of carbonyl (C=O) groups is 1. The van der Waals surface area contributed by atoms with Gasteiger partial charge in [0.15, 0.2) is 0 Å². The number of hydrogen-bond donors (Lipinski definition) is 0. The van der Waals surface area contributed by atoms with Gasteiger partial charge >= 0.3 is 12.4 Å². The number of benzene rings is 3. The van der Waals surface area contributed by atoms with Crippen LogP contribution in [-0.2, 0) is 0 Å². The van der Waals surface area contributed by atoms with Gasteiger partial charge in [-0.05, 0) is 79.6 Å². The molecule has 1 fully saturated rings. The largest absolute Gasteiger partial charge is 0.573 e. The Kier molecular flexibility index (Phi) is 6.44. The predicted molar refractivity (Wildman–Crippen MR) is 128 cm³/mol. The minimum atomic E-state index is -4.83. The first-order valence-corrected chi connectivity index (χ1v) is 11.3. The van der Waals surface area contributed by atoms with Gasteiger partial charge in [0, 0.05) is 21.4 Å². The number of alkyl halides is 3. The monoisotopic (exact) mass is 508 g/mol. The van der Waals surface area contributed by atoms with E-state index in [0.29, 0.717) is 33.4 Å². The van der Waals surface area contributed by atoms with Gasteiger partial charge in [-0.25, -0.2) is 4.79 Å². The van der Waals surface area contributed by atoms with Gasteiger partial charge in [0.25, 0.3) is 0 Å². The Bertz CT molecular complexity index is 1190. The summed E-state index contributed by atoms with van der Waals surface area (Å²) >= 11 is 12.1. The number of anilines is 2. The molecule has 178 valence electrons. The van der Waals surface area contributed by atoms with Gasteiger partial charge in [-0.1, -0.05) is 42.3 Å². The average molecular weight is 509 g/mol. The van der Waals surface area contributed by atoms with Gasteiger partial charge in [0.2, 0.25) is 0 Å². The molecule has 0 aromatic heterocycles. The molecule has 3 aromatic rings. The lowest BCUT2D eigenvalue weighted by Gasteiger charge is -2.38. The lowest BCUT2D eigenvalue weighted by atomic mass is 9.83. The van der Waals surface area contributed by atoms with E-state index in [1.54, 1.807) is 64.4 Å². The number of amides is 2. The van der Waals surface area contributed by atoms with Crippen molar-refractivity contribution in [3.05, 3.63) is 88.4 Å². The van der Waals surface area contributed by atoms with Crippen molar-refractivity contribution in [1.29, 1.82) is 0 Å². The van der Waals surface area contributed by atoms with Crippen LogP contribution in [0.15, 0.2) is 72.8 Å². The van der Waals surface area contributed by atoms with Crippen molar-refractivity contribution in [2.45, 2.75) is 38.2 Å². The number of urea groups is 1. The first-order chi connectivity index (χ1) is 16.0. The van der Waals surface area contributed by atoms with Gasteiger partial charge in [0.1, 0.15) is 5.75 Å². The summed E-state index contributed by atoms with van der Waals surface area (Å²) in [6.45, 7) is 3.85. The molecule has 1 aliphatic heterocycles. The molecule has 4 nitrogen and oxygen atoms in total. The number of ether oxygens (including phenoxy) is 1. The lowest BCUT2D eigenvalue weighted by Crippen LogP contribution is -2.45. The second kappa shape index (κ2) is 9.04. The summed E-state index contributed by atoms with van der Waals surface area (Å²) in [5, 5.41) is 1.03. The van der Waals surface area contributed by atoms with Crippen LogP contribution in [0, 0.1) is 0 Å². The predicted octanol–water partition coefficient (Wildman–Crippen LogP) is 8.25. The molecule has 3 aromatic carbocycles. The number of carbonyl (C=O) groups excluding carboxylic acids is 1. The Labute approximate surface area is 205 Å². The highest BCUT2D eigenvalue weighted by atomic mass is 35.5. The van der Waals surface area contributed by atoms with Gasteiger partial charge in [-0.3, -0.25) is 9.80 Å². The van der Waals surface area contributed by atoms with Crippen LogP contribution in [0.2, 0.25) is 10.0 Å². The minimum Gasteiger partial charge on any atom is -0.406 e. The molecule has 34 heavy (non-hydrogen) atoms. The molecule has 0 saturated carbocycles. The Morgan fingerprint density at radius 3 is 2.03 bits per heavy atom. The number of rotatable bonds is 5. The van der Waals surface area contributed by atoms with Crippen LogP contribution >= 0.6 is 23.2 Å². The first-order valence-electron chi connectivity index (χ1n) is 10.5. The highest BCUT2D eigenvalue weighted by Crippen LogP contribution is 2.50. The van der Waals surface area contributed by atoms with Gasteiger partial charge in [0.05, 0.1) is 11.6 Å². The molecule has 2 amide bonds. The first kappa shape index (κ1) is 24.2. The van der Waals surface area contributed by atoms with E-state index in [9.17, 15) is 18.0 Å². The summed E-state index contributed by atoms with van der Waals surface area (Å²) < 4.78 is 42.9. The lowest BCUT2D eigenvalue weighted by molar-refractivity contribution is -0.274. The maximum absolute atomic E-state index is 13.9. The summed E-state index contributed by atoms with van der Waals surface area (Å²) in [6, 6.07) is 18.4. The molecule has 0 radical (unpaired) electrons. The smallest absolute Gasteiger partial charge is 0.406 e. The van der Waals surface area contributed by atoms with Crippen LogP contribution in [0.1, 0.15) is 31.9 Å². The number of hydrogen-bond acceptors (Lipinski definition) is 2. The van der Waals surface area contributed by atoms with E-state index in [0.717, 1.165) is 0 Å². The molecular weight excluding hydrogens is 488 g/mol. The molecule has 9 heteroatoms. The highest BCUT2D eigenvalue weighted by molar-refractivity contribution is 6.31. The normalized spacial score (nSPS) is 20.7. The van der Waals surface area contributed by atoms with Crippen molar-refractivity contribution in [3.63, 3.8) is 0 Å². The van der Waals surface area contributed by atoms with Crippen molar-refractivity contribution in [2.75, 3.05) is 9.80 Å². The molecule has 1 heterocycles. The fourth-order valence-electron chi connectivity index (χ4n) is 4.44. The highest BCUT2D eigenvalue weighted by Gasteiger charge is 2.55. The van der Waals surface area contributed by atoms with Crippen LogP contribution in [0.5, 0.6) is 5.75 Å². The number of halogens is 5. The second-order valence-corrected chi connectivity index (χ2v) is 9.05. The van der Waals surface area contributed by atoms with Crippen molar-refractivity contribution >= 4 is 40.6 Å². The summed E-state index contributed by atoms with van der Waals surface area (Å²) in [6.07, 6.45) is -4.32. The Balaban J connectivity index is 1.89. The molecule has 0 bridgehead atoms. The van der Waals surface area contributed by atoms with E-state index in [2.05, 4.69) is 4.74 Å². The topological polar surface area (TPSA) is 32.8 Å². The molecule has 0 aliphatic carbocycles. The fourth-order valence-corrected chi connectivity index (χ4v) is 4.69. The molecule has 0 spiro atoms. The van der Waals surface area contributed by atoms with Crippen molar-refractivity contribution < 1.29 is 22.7 Å². The molecule has 4 rings (SSSR count). The van der Waals surface area contributed by atoms with Crippen molar-refractivity contribution in [3.8, 4) is 5.75 Å². The van der Waals surface area contributed by atoms with Crippen LogP contribution < -0.4 is 14.5 Å². The second-order valence-electron chi connectivity index (χ2n) is 8.17. The SMILES string of the molecule is CC[C@@]1(C)C(c2cccc(OC(F)(F)F)c2)N(c2ccc(Cl)cc2)C(=O)N1c1ccc(Cl)cc1. The Hall–Kier alpha value is -2.90. The summed E-state index contributed by atoms with van der Waals surface area (Å²) in [5.41, 5.74) is 0.882. The third-order valence-corrected chi connectivity index (χ3v) is 6.57. The van der Waals surface area contributed by atoms with Crippen LogP contribution in [-0.4, -0.2) is 17.9 Å². The quantitative estimate of drug-likeness (QED) is 0.347. The molecule has 1 aliphatic rings. The van der Waals surface area contributed by atoms with E-state index < -0.39 is 17.9 Å². The minimum absolute atomic E-state index is 0.318. The van der Waals surface area contributed by atoms with Gasteiger partial charge in [-0.15, -0.1) is 13.2 Å². The molecule has 0 N–H and O–H groups in total. The van der Waals surface area contributed by atoms with Crippen LogP contribution in [0.4, 0.5) is 29.3 Å². The molecule has 1 unspecified atom stereocenters. The van der Waals surface area contributed by atoms with E-state index in [-0.39, 0.29) is 11.8 Å². The summed E-state index contributed by atoms with van der Waals surface area (Å²) in [7, 11) is 0. The van der Waals surface area contributed by atoms with E-state index in [1.165, 1.54) is 18.2 Å². The van der Waals surface area contributed by atoms with Crippen LogP contribution in [0.3, 0.4) is 0 Å². The molecule has 1 saturated heterocycles. The third kappa shape index (κ3) is 4.55. The average Bonchev–Trinajstić information content (AvgIpc) is 3.01. The summed E-state index contributed by atoms with van der Waals surface area (Å²) in [5.74, 6) is -0.350. The molecule has 2 atom stereocenters. The zero-order valence-electron chi connectivity index (χ0n) is 18.3. The third-order valence-electron chi connectivity index (χ3n) is 6.07. The van der Waals surface area contributed by atoms with Crippen LogP contribution in [0.25, 0.3) is 0 Å². The fraction of sp³-hybridized carbons (Fsp3) is 0.240. The zero-order chi connectivity index (χ0) is 24.7. The Morgan fingerprint density at radius 2 is 1.50 bits per heavy atom. The maximum Gasteiger partial charge on any atom is 0.573 e. The standard InChI is InChI=1S/C25H21Cl2F3N2O2/c1-3-24(2)22(16-5-4-6-21(15-16)34-25(28,29)30)31(19-11-7-17(26)8-12-19)23(33)32(24)20-13-9-18(27)10-14-20/h4-15,22H,3H2,1-2H3/t22?,24-/m0/s1. The van der Waals surface area contributed by atoms with E-state index in [4.69, 9.17) is 23.2 Å².